The number of piperidine rings is 1. The molecule has 5 heteroatoms. The molecule has 1 aliphatic heterocycles. The molecule has 0 unspecified atom stereocenters. The fraction of sp³-hybridized carbons (Fsp3) is 0.778. The van der Waals surface area contributed by atoms with Gasteiger partial charge in [0.05, 0.1) is 0 Å². The maximum absolute atomic E-state index is 8.51. The Kier molecular flexibility index (Phi) is 5.20. The highest BCUT2D eigenvalue weighted by molar-refractivity contribution is 8.13. The summed E-state index contributed by atoms with van der Waals surface area (Å²) < 4.78 is 0. The van der Waals surface area contributed by atoms with Crippen molar-refractivity contribution in [1.29, 1.82) is 5.26 Å². The van der Waals surface area contributed by atoms with Gasteiger partial charge in [-0.1, -0.05) is 11.8 Å². The lowest BCUT2D eigenvalue weighted by molar-refractivity contribution is 0.355. The Labute approximate surface area is 93.9 Å². The van der Waals surface area contributed by atoms with Crippen LogP contribution in [0.5, 0.6) is 0 Å². The summed E-state index contributed by atoms with van der Waals surface area (Å²) in [5.74, 6) is 0. The Morgan fingerprint density at radius 1 is 1.43 bits per heavy atom. The summed E-state index contributed by atoms with van der Waals surface area (Å²) in [4.78, 5) is 6.03. The Hall–Kier alpha value is -0.340. The lowest BCUT2D eigenvalue weighted by atomic mass is 10.1. The SMILES string of the molecule is CSC(=NC#N)N1CCC(SC)CC1. The van der Waals surface area contributed by atoms with Gasteiger partial charge in [0, 0.05) is 18.3 Å². The van der Waals surface area contributed by atoms with E-state index in [1.165, 1.54) is 12.8 Å². The average Bonchev–Trinajstić information content (AvgIpc) is 2.26. The van der Waals surface area contributed by atoms with E-state index < -0.39 is 0 Å². The number of nitrogens with zero attached hydrogens (tertiary/aromatic N) is 3. The Bertz CT molecular complexity index is 239. The number of aliphatic imine (C=N–C) groups is 1. The van der Waals surface area contributed by atoms with E-state index in [-0.39, 0.29) is 0 Å². The molecular formula is C9H15N3S2. The summed E-state index contributed by atoms with van der Waals surface area (Å²) in [7, 11) is 0. The number of amidine groups is 1. The van der Waals surface area contributed by atoms with E-state index in [2.05, 4.69) is 16.1 Å². The van der Waals surface area contributed by atoms with Crippen molar-refractivity contribution >= 4 is 28.7 Å². The van der Waals surface area contributed by atoms with Crippen molar-refractivity contribution < 1.29 is 0 Å². The maximum atomic E-state index is 8.51. The highest BCUT2D eigenvalue weighted by Gasteiger charge is 2.20. The molecule has 78 valence electrons. The van der Waals surface area contributed by atoms with Gasteiger partial charge in [-0.15, -0.1) is 4.99 Å². The molecule has 0 aromatic heterocycles. The Morgan fingerprint density at radius 3 is 2.50 bits per heavy atom. The molecule has 0 bridgehead atoms. The molecule has 0 spiro atoms. The van der Waals surface area contributed by atoms with Crippen LogP contribution in [-0.2, 0) is 0 Å². The highest BCUT2D eigenvalue weighted by atomic mass is 32.2. The molecule has 0 radical (unpaired) electrons. The van der Waals surface area contributed by atoms with E-state index in [4.69, 9.17) is 5.26 Å². The van der Waals surface area contributed by atoms with Gasteiger partial charge in [-0.05, 0) is 25.4 Å². The number of nitriles is 1. The van der Waals surface area contributed by atoms with Crippen molar-refractivity contribution in [3.8, 4) is 6.19 Å². The van der Waals surface area contributed by atoms with Gasteiger partial charge in [0.2, 0.25) is 6.19 Å². The summed E-state index contributed by atoms with van der Waals surface area (Å²) in [6.45, 7) is 2.07. The van der Waals surface area contributed by atoms with Crippen LogP contribution in [0.1, 0.15) is 12.8 Å². The fourth-order valence-electron chi connectivity index (χ4n) is 1.57. The third-order valence-electron chi connectivity index (χ3n) is 2.37. The fourth-order valence-corrected chi connectivity index (χ4v) is 2.83. The van der Waals surface area contributed by atoms with Gasteiger partial charge in [-0.25, -0.2) is 0 Å². The van der Waals surface area contributed by atoms with Crippen molar-refractivity contribution in [3.63, 3.8) is 0 Å². The van der Waals surface area contributed by atoms with E-state index in [9.17, 15) is 0 Å². The molecule has 14 heavy (non-hydrogen) atoms. The van der Waals surface area contributed by atoms with E-state index in [1.54, 1.807) is 11.8 Å². The van der Waals surface area contributed by atoms with E-state index in [0.29, 0.717) is 0 Å². The molecular weight excluding hydrogens is 214 g/mol. The van der Waals surface area contributed by atoms with E-state index in [0.717, 1.165) is 23.5 Å². The molecule has 1 fully saturated rings. The van der Waals surface area contributed by atoms with Gasteiger partial charge >= 0.3 is 0 Å². The zero-order valence-corrected chi connectivity index (χ0v) is 10.2. The van der Waals surface area contributed by atoms with Crippen LogP contribution in [0.3, 0.4) is 0 Å². The summed E-state index contributed by atoms with van der Waals surface area (Å²) in [6, 6.07) is 0. The third kappa shape index (κ3) is 3.10. The highest BCUT2D eigenvalue weighted by Crippen LogP contribution is 2.22. The number of hydrogen-bond donors (Lipinski definition) is 0. The van der Waals surface area contributed by atoms with Crippen LogP contribution in [0, 0.1) is 11.5 Å². The molecule has 0 N–H and O–H groups in total. The molecule has 3 nitrogen and oxygen atoms in total. The molecule has 0 atom stereocenters. The lowest BCUT2D eigenvalue weighted by Gasteiger charge is -2.32. The van der Waals surface area contributed by atoms with Crippen LogP contribution in [-0.4, -0.2) is 40.9 Å². The first-order chi connectivity index (χ1) is 6.81. The molecule has 0 aromatic carbocycles. The van der Waals surface area contributed by atoms with Gasteiger partial charge in [-0.3, -0.25) is 0 Å². The second-order valence-corrected chi connectivity index (χ2v) is 5.03. The predicted octanol–water partition coefficient (Wildman–Crippen LogP) is 2.01. The van der Waals surface area contributed by atoms with Crippen LogP contribution in [0.15, 0.2) is 4.99 Å². The zero-order valence-electron chi connectivity index (χ0n) is 8.56. The second kappa shape index (κ2) is 6.20. The standard InChI is InChI=1S/C9H15N3S2/c1-13-8-3-5-12(6-4-8)9(14-2)11-7-10/h8H,3-6H2,1-2H3. The summed E-state index contributed by atoms with van der Waals surface area (Å²) in [5.41, 5.74) is 0. The molecule has 0 amide bonds. The molecule has 1 saturated heterocycles. The van der Waals surface area contributed by atoms with Crippen molar-refractivity contribution in [1.82, 2.24) is 4.90 Å². The maximum Gasteiger partial charge on any atom is 0.208 e. The van der Waals surface area contributed by atoms with Crippen molar-refractivity contribution in [2.45, 2.75) is 18.1 Å². The molecule has 0 aliphatic carbocycles. The largest absolute Gasteiger partial charge is 0.350 e. The number of hydrogen-bond acceptors (Lipinski definition) is 4. The molecule has 1 aliphatic rings. The Morgan fingerprint density at radius 2 is 2.07 bits per heavy atom. The average molecular weight is 229 g/mol. The normalized spacial score (nSPS) is 19.5. The van der Waals surface area contributed by atoms with Gasteiger partial charge in [0.15, 0.2) is 5.17 Å². The van der Waals surface area contributed by atoms with Gasteiger partial charge in [0.1, 0.15) is 0 Å². The summed E-state index contributed by atoms with van der Waals surface area (Å²) in [5, 5.41) is 10.2. The first kappa shape index (κ1) is 11.7. The van der Waals surface area contributed by atoms with Gasteiger partial charge in [0.25, 0.3) is 0 Å². The van der Waals surface area contributed by atoms with Crippen molar-refractivity contribution in [2.24, 2.45) is 4.99 Å². The van der Waals surface area contributed by atoms with Gasteiger partial charge in [-0.2, -0.15) is 17.0 Å². The van der Waals surface area contributed by atoms with E-state index >= 15 is 0 Å². The monoisotopic (exact) mass is 229 g/mol. The molecule has 0 saturated carbocycles. The van der Waals surface area contributed by atoms with Crippen molar-refractivity contribution in [3.05, 3.63) is 0 Å². The van der Waals surface area contributed by atoms with E-state index in [1.807, 2.05) is 24.2 Å². The minimum atomic E-state index is 0.788. The topological polar surface area (TPSA) is 39.4 Å². The predicted molar refractivity (Wildman–Crippen MR) is 64.7 cm³/mol. The van der Waals surface area contributed by atoms with Crippen molar-refractivity contribution in [2.75, 3.05) is 25.6 Å². The number of rotatable bonds is 1. The molecule has 1 heterocycles. The minimum Gasteiger partial charge on any atom is -0.350 e. The van der Waals surface area contributed by atoms with Crippen LogP contribution < -0.4 is 0 Å². The van der Waals surface area contributed by atoms with Crippen LogP contribution in [0.4, 0.5) is 0 Å². The number of thioether (sulfide) groups is 2. The number of likely N-dealkylation sites (tertiary alicyclic amines) is 1. The van der Waals surface area contributed by atoms with Crippen LogP contribution in [0.25, 0.3) is 0 Å². The lowest BCUT2D eigenvalue weighted by Crippen LogP contribution is -2.37. The molecule has 0 aromatic rings. The van der Waals surface area contributed by atoms with Gasteiger partial charge < -0.3 is 4.90 Å². The zero-order chi connectivity index (χ0) is 10.4. The minimum absolute atomic E-state index is 0.788. The van der Waals surface area contributed by atoms with Crippen LogP contribution >= 0.6 is 23.5 Å². The molecule has 1 rings (SSSR count). The summed E-state index contributed by atoms with van der Waals surface area (Å²) in [6.07, 6.45) is 8.40. The second-order valence-electron chi connectivity index (χ2n) is 3.12. The first-order valence-corrected chi connectivity index (χ1v) is 7.11. The Balaban J connectivity index is 2.48. The quantitative estimate of drug-likeness (QED) is 0.392. The van der Waals surface area contributed by atoms with Crippen LogP contribution in [0.2, 0.25) is 0 Å². The first-order valence-electron chi connectivity index (χ1n) is 4.60. The third-order valence-corrected chi connectivity index (χ3v) is 4.23. The smallest absolute Gasteiger partial charge is 0.208 e. The summed E-state index contributed by atoms with van der Waals surface area (Å²) >= 11 is 3.50.